The summed E-state index contributed by atoms with van der Waals surface area (Å²) in [6, 6.07) is 0.457. The molecule has 70 valence electrons. The minimum absolute atomic E-state index is 0.294. The standard InChI is InChI=1S/C9H18N2O/c10-8-5-9(6-8)1-2-11(7-9)3-4-12/h8,12H,1-7,10H2. The van der Waals surface area contributed by atoms with Crippen LogP contribution in [0.4, 0.5) is 0 Å². The van der Waals surface area contributed by atoms with E-state index >= 15 is 0 Å². The number of nitrogens with two attached hydrogens (primary N) is 1. The highest BCUT2D eigenvalue weighted by atomic mass is 16.3. The van der Waals surface area contributed by atoms with Crippen LogP contribution in [-0.2, 0) is 0 Å². The van der Waals surface area contributed by atoms with Crippen molar-refractivity contribution in [2.24, 2.45) is 11.1 Å². The molecule has 1 aliphatic carbocycles. The number of β-amino-alcohol motifs (C(OH)–C–C–N with tert-alkyl or cyclic N) is 1. The van der Waals surface area contributed by atoms with Crippen LogP contribution in [0.5, 0.6) is 0 Å². The first-order valence-corrected chi connectivity index (χ1v) is 4.83. The Kier molecular flexibility index (Phi) is 2.10. The Morgan fingerprint density at radius 3 is 2.83 bits per heavy atom. The number of likely N-dealkylation sites (tertiary alicyclic amines) is 1. The van der Waals surface area contributed by atoms with Crippen molar-refractivity contribution in [3.05, 3.63) is 0 Å². The molecule has 2 rings (SSSR count). The lowest BCUT2D eigenvalue weighted by atomic mass is 9.65. The topological polar surface area (TPSA) is 49.5 Å². The molecule has 2 fully saturated rings. The van der Waals surface area contributed by atoms with E-state index in [1.807, 2.05) is 0 Å². The molecule has 1 saturated heterocycles. The van der Waals surface area contributed by atoms with Gasteiger partial charge in [0.1, 0.15) is 0 Å². The van der Waals surface area contributed by atoms with Crippen molar-refractivity contribution in [2.45, 2.75) is 25.3 Å². The fraction of sp³-hybridized carbons (Fsp3) is 1.00. The summed E-state index contributed by atoms with van der Waals surface area (Å²) in [5, 5.41) is 8.77. The summed E-state index contributed by atoms with van der Waals surface area (Å²) in [4.78, 5) is 2.35. The van der Waals surface area contributed by atoms with Crippen LogP contribution in [0.3, 0.4) is 0 Å². The van der Waals surface area contributed by atoms with Gasteiger partial charge in [0.2, 0.25) is 0 Å². The van der Waals surface area contributed by atoms with Crippen molar-refractivity contribution in [1.82, 2.24) is 4.90 Å². The number of hydrogen-bond acceptors (Lipinski definition) is 3. The number of hydrogen-bond donors (Lipinski definition) is 2. The highest BCUT2D eigenvalue weighted by molar-refractivity contribution is 5.01. The molecule has 3 N–H and O–H groups in total. The van der Waals surface area contributed by atoms with Crippen molar-refractivity contribution in [3.8, 4) is 0 Å². The van der Waals surface area contributed by atoms with Gasteiger partial charge in [-0.15, -0.1) is 0 Å². The molecule has 0 radical (unpaired) electrons. The third kappa shape index (κ3) is 1.37. The highest BCUT2D eigenvalue weighted by Crippen LogP contribution is 2.47. The fourth-order valence-electron chi connectivity index (χ4n) is 2.75. The number of rotatable bonds is 2. The van der Waals surface area contributed by atoms with Crippen molar-refractivity contribution in [3.63, 3.8) is 0 Å². The van der Waals surface area contributed by atoms with E-state index in [0.717, 1.165) is 13.1 Å². The molecule has 0 aromatic rings. The minimum atomic E-state index is 0.294. The fourth-order valence-corrected chi connectivity index (χ4v) is 2.75. The van der Waals surface area contributed by atoms with E-state index in [4.69, 9.17) is 10.8 Å². The molecule has 0 amide bonds. The molecule has 1 heterocycles. The van der Waals surface area contributed by atoms with Gasteiger partial charge >= 0.3 is 0 Å². The third-order valence-electron chi connectivity index (χ3n) is 3.32. The lowest BCUT2D eigenvalue weighted by Gasteiger charge is -2.43. The second-order valence-electron chi connectivity index (χ2n) is 4.42. The summed E-state index contributed by atoms with van der Waals surface area (Å²) in [5.41, 5.74) is 6.33. The van der Waals surface area contributed by atoms with E-state index in [1.165, 1.54) is 25.8 Å². The minimum Gasteiger partial charge on any atom is -0.395 e. The maximum Gasteiger partial charge on any atom is 0.0558 e. The average molecular weight is 170 g/mol. The van der Waals surface area contributed by atoms with Crippen LogP contribution in [0, 0.1) is 5.41 Å². The Hall–Kier alpha value is -0.120. The van der Waals surface area contributed by atoms with E-state index in [1.54, 1.807) is 0 Å². The summed E-state index contributed by atoms with van der Waals surface area (Å²) >= 11 is 0. The van der Waals surface area contributed by atoms with Gasteiger partial charge in [-0.3, -0.25) is 0 Å². The summed E-state index contributed by atoms with van der Waals surface area (Å²) < 4.78 is 0. The molecule has 3 heteroatoms. The highest BCUT2D eigenvalue weighted by Gasteiger charge is 2.46. The van der Waals surface area contributed by atoms with E-state index in [0.29, 0.717) is 18.1 Å². The van der Waals surface area contributed by atoms with Gasteiger partial charge in [0.25, 0.3) is 0 Å². The monoisotopic (exact) mass is 170 g/mol. The molecule has 0 bridgehead atoms. The second kappa shape index (κ2) is 2.98. The van der Waals surface area contributed by atoms with Crippen LogP contribution in [0.2, 0.25) is 0 Å². The van der Waals surface area contributed by atoms with Gasteiger partial charge in [0.05, 0.1) is 6.61 Å². The Balaban J connectivity index is 1.82. The van der Waals surface area contributed by atoms with Crippen LogP contribution in [0.1, 0.15) is 19.3 Å². The summed E-state index contributed by atoms with van der Waals surface area (Å²) in [6.45, 7) is 3.47. The summed E-state index contributed by atoms with van der Waals surface area (Å²) in [5.74, 6) is 0. The van der Waals surface area contributed by atoms with Gasteiger partial charge in [-0.2, -0.15) is 0 Å². The van der Waals surface area contributed by atoms with Crippen molar-refractivity contribution in [2.75, 3.05) is 26.2 Å². The van der Waals surface area contributed by atoms with Gasteiger partial charge in [-0.1, -0.05) is 0 Å². The van der Waals surface area contributed by atoms with E-state index in [9.17, 15) is 0 Å². The maximum absolute atomic E-state index is 8.77. The molecule has 0 aromatic carbocycles. The lowest BCUT2D eigenvalue weighted by molar-refractivity contribution is 0.106. The van der Waals surface area contributed by atoms with Gasteiger partial charge < -0.3 is 15.7 Å². The second-order valence-corrected chi connectivity index (χ2v) is 4.42. The maximum atomic E-state index is 8.77. The lowest BCUT2D eigenvalue weighted by Crippen LogP contribution is -2.47. The van der Waals surface area contributed by atoms with Gasteiger partial charge in [0, 0.05) is 19.1 Å². The predicted molar refractivity (Wildman–Crippen MR) is 47.8 cm³/mol. The van der Waals surface area contributed by atoms with Gasteiger partial charge in [0.15, 0.2) is 0 Å². The Morgan fingerprint density at radius 1 is 1.50 bits per heavy atom. The molecule has 0 unspecified atom stereocenters. The molecule has 3 nitrogen and oxygen atoms in total. The zero-order valence-corrected chi connectivity index (χ0v) is 7.50. The first-order valence-electron chi connectivity index (χ1n) is 4.83. The predicted octanol–water partition coefficient (Wildman–Crippen LogP) is -0.208. The Bertz CT molecular complexity index is 166. The quantitative estimate of drug-likeness (QED) is 0.603. The number of aliphatic hydroxyl groups is 1. The molecular weight excluding hydrogens is 152 g/mol. The summed E-state index contributed by atoms with van der Waals surface area (Å²) in [6.07, 6.45) is 3.70. The molecule has 0 atom stereocenters. The molecular formula is C9H18N2O. The van der Waals surface area contributed by atoms with Crippen LogP contribution in [0.15, 0.2) is 0 Å². The first kappa shape index (κ1) is 8.48. The molecule has 1 saturated carbocycles. The zero-order valence-electron chi connectivity index (χ0n) is 7.50. The van der Waals surface area contributed by atoms with Crippen molar-refractivity contribution >= 4 is 0 Å². The summed E-state index contributed by atoms with van der Waals surface area (Å²) in [7, 11) is 0. The number of nitrogens with zero attached hydrogens (tertiary/aromatic N) is 1. The molecule has 2 aliphatic rings. The molecule has 12 heavy (non-hydrogen) atoms. The van der Waals surface area contributed by atoms with Gasteiger partial charge in [-0.25, -0.2) is 0 Å². The Labute approximate surface area is 73.5 Å². The van der Waals surface area contributed by atoms with E-state index < -0.39 is 0 Å². The number of aliphatic hydroxyl groups excluding tert-OH is 1. The molecule has 1 aliphatic heterocycles. The smallest absolute Gasteiger partial charge is 0.0558 e. The van der Waals surface area contributed by atoms with Gasteiger partial charge in [-0.05, 0) is 31.2 Å². The zero-order chi connectivity index (χ0) is 8.60. The van der Waals surface area contributed by atoms with E-state index in [-0.39, 0.29) is 0 Å². The average Bonchev–Trinajstić information content (AvgIpc) is 2.33. The van der Waals surface area contributed by atoms with Crippen LogP contribution in [0.25, 0.3) is 0 Å². The molecule has 0 aromatic heterocycles. The normalized spacial score (nSPS) is 42.0. The van der Waals surface area contributed by atoms with E-state index in [2.05, 4.69) is 4.90 Å². The first-order chi connectivity index (χ1) is 5.74. The van der Waals surface area contributed by atoms with Crippen LogP contribution < -0.4 is 5.73 Å². The van der Waals surface area contributed by atoms with Crippen molar-refractivity contribution < 1.29 is 5.11 Å². The van der Waals surface area contributed by atoms with Crippen LogP contribution >= 0.6 is 0 Å². The SMILES string of the molecule is NC1CC2(CCN(CCO)C2)C1. The Morgan fingerprint density at radius 2 is 2.25 bits per heavy atom. The largest absolute Gasteiger partial charge is 0.395 e. The van der Waals surface area contributed by atoms with Crippen molar-refractivity contribution in [1.29, 1.82) is 0 Å². The third-order valence-corrected chi connectivity index (χ3v) is 3.32. The van der Waals surface area contributed by atoms with Crippen LogP contribution in [-0.4, -0.2) is 42.3 Å². The molecule has 1 spiro atoms.